The standard InChI is InChI=1S/C27H26ClN3O2S/c1-27(2,3)20-11-8-19(9-12-20)25(33)29-21-13-15-22(16-14-21)30-26(34)31-24(32)17-10-18-6-4-5-7-23(18)28/h4-17H,1-3H3,(H,29,33)(H2,30,31,32,34)/b17-10+. The van der Waals surface area contributed by atoms with E-state index in [4.69, 9.17) is 23.8 Å². The zero-order valence-corrected chi connectivity index (χ0v) is 20.8. The van der Waals surface area contributed by atoms with Gasteiger partial charge in [-0.25, -0.2) is 0 Å². The van der Waals surface area contributed by atoms with Gasteiger partial charge in [0.1, 0.15) is 0 Å². The van der Waals surface area contributed by atoms with E-state index in [1.165, 1.54) is 11.6 Å². The lowest BCUT2D eigenvalue weighted by atomic mass is 9.87. The maximum atomic E-state index is 12.5. The number of rotatable bonds is 5. The summed E-state index contributed by atoms with van der Waals surface area (Å²) in [6, 6.07) is 21.8. The van der Waals surface area contributed by atoms with Crippen LogP contribution in [-0.2, 0) is 10.2 Å². The van der Waals surface area contributed by atoms with Crippen LogP contribution in [0.15, 0.2) is 78.9 Å². The van der Waals surface area contributed by atoms with Crippen molar-refractivity contribution in [2.24, 2.45) is 0 Å². The van der Waals surface area contributed by atoms with E-state index in [9.17, 15) is 9.59 Å². The van der Waals surface area contributed by atoms with Crippen molar-refractivity contribution in [1.82, 2.24) is 5.32 Å². The van der Waals surface area contributed by atoms with E-state index < -0.39 is 0 Å². The van der Waals surface area contributed by atoms with Gasteiger partial charge in [0.2, 0.25) is 5.91 Å². The lowest BCUT2D eigenvalue weighted by Gasteiger charge is -2.19. The van der Waals surface area contributed by atoms with Gasteiger partial charge in [-0.1, -0.05) is 62.7 Å². The number of halogens is 1. The topological polar surface area (TPSA) is 70.2 Å². The predicted octanol–water partition coefficient (Wildman–Crippen LogP) is 6.42. The van der Waals surface area contributed by atoms with E-state index in [-0.39, 0.29) is 22.3 Å². The summed E-state index contributed by atoms with van der Waals surface area (Å²) >= 11 is 11.3. The summed E-state index contributed by atoms with van der Waals surface area (Å²) in [5, 5.41) is 9.12. The molecule has 0 bridgehead atoms. The second-order valence-electron chi connectivity index (χ2n) is 8.66. The first-order chi connectivity index (χ1) is 16.1. The van der Waals surface area contributed by atoms with E-state index in [0.29, 0.717) is 22.0 Å². The summed E-state index contributed by atoms with van der Waals surface area (Å²) in [5.74, 6) is -0.562. The van der Waals surface area contributed by atoms with Gasteiger partial charge >= 0.3 is 0 Å². The molecule has 3 N–H and O–H groups in total. The summed E-state index contributed by atoms with van der Waals surface area (Å²) < 4.78 is 0. The van der Waals surface area contributed by atoms with E-state index in [1.807, 2.05) is 42.5 Å². The van der Waals surface area contributed by atoms with Gasteiger partial charge in [-0.3, -0.25) is 14.9 Å². The number of amides is 2. The van der Waals surface area contributed by atoms with E-state index in [0.717, 1.165) is 5.56 Å². The van der Waals surface area contributed by atoms with Crippen molar-refractivity contribution in [1.29, 1.82) is 0 Å². The number of hydrogen-bond donors (Lipinski definition) is 3. The van der Waals surface area contributed by atoms with Gasteiger partial charge in [0.05, 0.1) is 0 Å². The van der Waals surface area contributed by atoms with Crippen molar-refractivity contribution in [2.75, 3.05) is 10.6 Å². The normalized spacial score (nSPS) is 11.2. The lowest BCUT2D eigenvalue weighted by molar-refractivity contribution is -0.115. The highest BCUT2D eigenvalue weighted by atomic mass is 35.5. The second-order valence-corrected chi connectivity index (χ2v) is 9.47. The zero-order chi connectivity index (χ0) is 24.7. The molecule has 7 heteroatoms. The van der Waals surface area contributed by atoms with Crippen LogP contribution in [0.2, 0.25) is 5.02 Å². The molecule has 2 amide bonds. The molecule has 0 fully saturated rings. The minimum absolute atomic E-state index is 0.0315. The largest absolute Gasteiger partial charge is 0.332 e. The summed E-state index contributed by atoms with van der Waals surface area (Å²) in [4.78, 5) is 24.6. The van der Waals surface area contributed by atoms with Crippen LogP contribution in [0.3, 0.4) is 0 Å². The molecule has 0 saturated heterocycles. The van der Waals surface area contributed by atoms with Crippen LogP contribution in [-0.4, -0.2) is 16.9 Å². The van der Waals surface area contributed by atoms with Gasteiger partial charge < -0.3 is 10.6 Å². The monoisotopic (exact) mass is 491 g/mol. The van der Waals surface area contributed by atoms with Crippen molar-refractivity contribution in [3.05, 3.63) is 101 Å². The first-order valence-electron chi connectivity index (χ1n) is 10.7. The summed E-state index contributed by atoms with van der Waals surface area (Å²) in [5.41, 5.74) is 3.84. The van der Waals surface area contributed by atoms with Crippen LogP contribution in [0.1, 0.15) is 42.3 Å². The Labute approximate surface area is 210 Å². The third-order valence-electron chi connectivity index (χ3n) is 4.97. The molecule has 3 rings (SSSR count). The average Bonchev–Trinajstić information content (AvgIpc) is 2.79. The van der Waals surface area contributed by atoms with Gasteiger partial charge in [-0.15, -0.1) is 0 Å². The van der Waals surface area contributed by atoms with Gasteiger partial charge in [0.25, 0.3) is 5.91 Å². The minimum Gasteiger partial charge on any atom is -0.332 e. The molecular weight excluding hydrogens is 466 g/mol. The Morgan fingerprint density at radius 1 is 0.853 bits per heavy atom. The van der Waals surface area contributed by atoms with Crippen molar-refractivity contribution < 1.29 is 9.59 Å². The Morgan fingerprint density at radius 2 is 1.44 bits per heavy atom. The minimum atomic E-state index is -0.376. The molecule has 0 unspecified atom stereocenters. The third kappa shape index (κ3) is 7.27. The van der Waals surface area contributed by atoms with E-state index >= 15 is 0 Å². The number of thiocarbonyl (C=S) groups is 1. The smallest absolute Gasteiger partial charge is 0.255 e. The number of benzene rings is 3. The highest BCUT2D eigenvalue weighted by Crippen LogP contribution is 2.23. The van der Waals surface area contributed by atoms with Crippen LogP contribution >= 0.6 is 23.8 Å². The van der Waals surface area contributed by atoms with Crippen LogP contribution in [0, 0.1) is 0 Å². The lowest BCUT2D eigenvalue weighted by Crippen LogP contribution is -2.32. The molecule has 34 heavy (non-hydrogen) atoms. The molecule has 0 heterocycles. The average molecular weight is 492 g/mol. The number of nitrogens with one attached hydrogen (secondary N) is 3. The fourth-order valence-electron chi connectivity index (χ4n) is 3.05. The highest BCUT2D eigenvalue weighted by molar-refractivity contribution is 7.80. The van der Waals surface area contributed by atoms with Crippen LogP contribution in [0.5, 0.6) is 0 Å². The number of carbonyl (C=O) groups excluding carboxylic acids is 2. The van der Waals surface area contributed by atoms with Crippen molar-refractivity contribution >= 4 is 58.2 Å². The van der Waals surface area contributed by atoms with Gasteiger partial charge in [-0.05, 0) is 77.3 Å². The maximum Gasteiger partial charge on any atom is 0.255 e. The Balaban J connectivity index is 1.52. The van der Waals surface area contributed by atoms with Crippen LogP contribution in [0.25, 0.3) is 6.08 Å². The molecule has 5 nitrogen and oxygen atoms in total. The first kappa shape index (κ1) is 25.1. The van der Waals surface area contributed by atoms with Crippen LogP contribution < -0.4 is 16.0 Å². The predicted molar refractivity (Wildman–Crippen MR) is 144 cm³/mol. The Hall–Kier alpha value is -3.48. The molecule has 0 aliphatic rings. The fourth-order valence-corrected chi connectivity index (χ4v) is 3.47. The number of anilines is 2. The number of carbonyl (C=O) groups is 2. The van der Waals surface area contributed by atoms with Gasteiger partial charge in [0.15, 0.2) is 5.11 Å². The summed E-state index contributed by atoms with van der Waals surface area (Å²) in [6.45, 7) is 6.39. The quantitative estimate of drug-likeness (QED) is 0.284. The molecule has 0 aromatic heterocycles. The fraction of sp³-hybridized carbons (Fsp3) is 0.148. The molecule has 3 aromatic rings. The van der Waals surface area contributed by atoms with Crippen molar-refractivity contribution in [3.8, 4) is 0 Å². The summed E-state index contributed by atoms with van der Waals surface area (Å²) in [7, 11) is 0. The molecule has 3 aromatic carbocycles. The highest BCUT2D eigenvalue weighted by Gasteiger charge is 2.14. The maximum absolute atomic E-state index is 12.5. The molecule has 0 radical (unpaired) electrons. The van der Waals surface area contributed by atoms with Crippen molar-refractivity contribution in [2.45, 2.75) is 26.2 Å². The molecule has 0 saturated carbocycles. The zero-order valence-electron chi connectivity index (χ0n) is 19.2. The van der Waals surface area contributed by atoms with Crippen molar-refractivity contribution in [3.63, 3.8) is 0 Å². The SMILES string of the molecule is CC(C)(C)c1ccc(C(=O)Nc2ccc(NC(=S)NC(=O)/C=C/c3ccccc3Cl)cc2)cc1. The van der Waals surface area contributed by atoms with Crippen LogP contribution in [0.4, 0.5) is 11.4 Å². The van der Waals surface area contributed by atoms with E-state index in [1.54, 1.807) is 36.4 Å². The van der Waals surface area contributed by atoms with E-state index in [2.05, 4.69) is 36.7 Å². The molecular formula is C27H26ClN3O2S. The Kier molecular flexibility index (Phi) is 8.21. The molecule has 174 valence electrons. The molecule has 0 spiro atoms. The molecule has 0 aliphatic heterocycles. The summed E-state index contributed by atoms with van der Waals surface area (Å²) in [6.07, 6.45) is 2.98. The molecule has 0 atom stereocenters. The Morgan fingerprint density at radius 3 is 2.03 bits per heavy atom. The van der Waals surface area contributed by atoms with Gasteiger partial charge in [0, 0.05) is 28.0 Å². The Bertz CT molecular complexity index is 1210. The number of hydrogen-bond acceptors (Lipinski definition) is 3. The second kappa shape index (κ2) is 11.1. The van der Waals surface area contributed by atoms with Gasteiger partial charge in [-0.2, -0.15) is 0 Å². The molecule has 0 aliphatic carbocycles. The third-order valence-corrected chi connectivity index (χ3v) is 5.52. The first-order valence-corrected chi connectivity index (χ1v) is 11.5.